The summed E-state index contributed by atoms with van der Waals surface area (Å²) < 4.78 is 6.77. The lowest BCUT2D eigenvalue weighted by Crippen LogP contribution is -2.49. The first-order valence-electron chi connectivity index (χ1n) is 14.4. The molecule has 3 aromatic carbocycles. The highest BCUT2D eigenvalue weighted by Gasteiger charge is 2.27. The van der Waals surface area contributed by atoms with Gasteiger partial charge in [0.15, 0.2) is 0 Å². The third-order valence-electron chi connectivity index (χ3n) is 7.95. The van der Waals surface area contributed by atoms with E-state index in [1.807, 2.05) is 102 Å². The van der Waals surface area contributed by atoms with E-state index >= 15 is 0 Å². The maximum Gasteiger partial charge on any atom is 0.297 e. The van der Waals surface area contributed by atoms with Crippen molar-refractivity contribution >= 4 is 28.1 Å². The van der Waals surface area contributed by atoms with Gasteiger partial charge in [-0.3, -0.25) is 14.6 Å². The van der Waals surface area contributed by atoms with Gasteiger partial charge in [-0.2, -0.15) is 9.78 Å². The fourth-order valence-electron chi connectivity index (χ4n) is 5.54. The molecular formula is C34H34N6O3. The second-order valence-corrected chi connectivity index (χ2v) is 10.6. The summed E-state index contributed by atoms with van der Waals surface area (Å²) in [5, 5.41) is 6.58. The smallest absolute Gasteiger partial charge is 0.297 e. The zero-order chi connectivity index (χ0) is 29.8. The number of carbonyl (C=O) groups is 1. The fraction of sp³-hybridized carbons (Fsp3) is 0.235. The molecule has 1 saturated heterocycles. The number of methoxy groups -OCH3 is 1. The van der Waals surface area contributed by atoms with Crippen LogP contribution in [0.25, 0.3) is 16.5 Å². The summed E-state index contributed by atoms with van der Waals surface area (Å²) in [5.41, 5.74) is 3.51. The highest BCUT2D eigenvalue weighted by molar-refractivity contribution is 5.99. The summed E-state index contributed by atoms with van der Waals surface area (Å²) >= 11 is 0. The summed E-state index contributed by atoms with van der Waals surface area (Å²) in [6.07, 6.45) is 4.26. The van der Waals surface area contributed by atoms with Gasteiger partial charge < -0.3 is 19.4 Å². The molecule has 43 heavy (non-hydrogen) atoms. The molecule has 0 N–H and O–H groups in total. The number of hydrogen-bond acceptors (Lipinski definition) is 7. The van der Waals surface area contributed by atoms with Crippen molar-refractivity contribution in [3.63, 3.8) is 0 Å². The molecule has 1 fully saturated rings. The van der Waals surface area contributed by atoms with E-state index in [1.54, 1.807) is 19.5 Å². The van der Waals surface area contributed by atoms with Crippen molar-refractivity contribution < 1.29 is 9.53 Å². The number of nitrogens with zero attached hydrogens (tertiary/aromatic N) is 6. The Kier molecular flexibility index (Phi) is 8.04. The van der Waals surface area contributed by atoms with E-state index in [4.69, 9.17) is 4.74 Å². The Morgan fingerprint density at radius 1 is 0.907 bits per heavy atom. The average molecular weight is 575 g/mol. The predicted molar refractivity (Wildman–Crippen MR) is 170 cm³/mol. The van der Waals surface area contributed by atoms with Crippen LogP contribution in [-0.4, -0.2) is 72.5 Å². The molecule has 1 aliphatic heterocycles. The van der Waals surface area contributed by atoms with Crippen LogP contribution in [0.4, 0.5) is 11.4 Å². The topological polar surface area (TPSA) is 83.8 Å². The third kappa shape index (κ3) is 5.92. The second kappa shape index (κ2) is 12.4. The zero-order valence-corrected chi connectivity index (χ0v) is 24.4. The van der Waals surface area contributed by atoms with Crippen molar-refractivity contribution in [2.45, 2.75) is 6.42 Å². The van der Waals surface area contributed by atoms with Crippen LogP contribution in [0.2, 0.25) is 0 Å². The number of likely N-dealkylation sites (N-methyl/N-ethyl adjacent to an activating group) is 1. The van der Waals surface area contributed by atoms with E-state index in [1.165, 1.54) is 4.68 Å². The average Bonchev–Trinajstić information content (AvgIpc) is 3.07. The Morgan fingerprint density at radius 3 is 2.40 bits per heavy atom. The molecule has 1 aliphatic rings. The fourth-order valence-corrected chi connectivity index (χ4v) is 5.54. The molecule has 9 nitrogen and oxygen atoms in total. The molecule has 3 heterocycles. The number of fused-ring (bicyclic) bond motifs is 1. The van der Waals surface area contributed by atoms with Crippen molar-refractivity contribution in [3.05, 3.63) is 119 Å². The number of ether oxygens (including phenoxy) is 1. The van der Waals surface area contributed by atoms with Gasteiger partial charge in [0.05, 0.1) is 24.7 Å². The molecule has 0 saturated carbocycles. The molecule has 0 aliphatic carbocycles. The Labute approximate surface area is 250 Å². The normalized spacial score (nSPS) is 13.3. The minimum absolute atomic E-state index is 0.00249. The van der Waals surface area contributed by atoms with Crippen molar-refractivity contribution in [1.29, 1.82) is 0 Å². The number of carbonyl (C=O) groups excluding carboxylic acids is 1. The lowest BCUT2D eigenvalue weighted by Gasteiger charge is -2.37. The first-order valence-corrected chi connectivity index (χ1v) is 14.4. The monoisotopic (exact) mass is 574 g/mol. The Bertz CT molecular complexity index is 1780. The number of amides is 1. The predicted octanol–water partition coefficient (Wildman–Crippen LogP) is 4.43. The van der Waals surface area contributed by atoms with Crippen LogP contribution in [0.1, 0.15) is 16.1 Å². The van der Waals surface area contributed by atoms with Gasteiger partial charge in [-0.15, -0.1) is 0 Å². The molecule has 6 rings (SSSR count). The first-order chi connectivity index (χ1) is 21.0. The zero-order valence-electron chi connectivity index (χ0n) is 24.4. The number of anilines is 2. The lowest BCUT2D eigenvalue weighted by molar-refractivity contribution is 0.0747. The van der Waals surface area contributed by atoms with Crippen LogP contribution in [0.3, 0.4) is 0 Å². The molecule has 0 unspecified atom stereocenters. The number of para-hydroxylation sites is 1. The van der Waals surface area contributed by atoms with Crippen molar-refractivity contribution in [1.82, 2.24) is 19.7 Å². The highest BCUT2D eigenvalue weighted by atomic mass is 16.5. The van der Waals surface area contributed by atoms with Crippen LogP contribution in [0.15, 0.2) is 102 Å². The molecule has 0 bridgehead atoms. The summed E-state index contributed by atoms with van der Waals surface area (Å²) in [4.78, 5) is 37.9. The molecular weight excluding hydrogens is 540 g/mol. The summed E-state index contributed by atoms with van der Waals surface area (Å²) in [6, 6.07) is 26.9. The molecule has 218 valence electrons. The van der Waals surface area contributed by atoms with Crippen molar-refractivity contribution in [3.8, 4) is 11.4 Å². The minimum atomic E-state index is -0.182. The van der Waals surface area contributed by atoms with Crippen molar-refractivity contribution in [2.24, 2.45) is 0 Å². The van der Waals surface area contributed by atoms with E-state index in [2.05, 4.69) is 15.0 Å². The van der Waals surface area contributed by atoms with Gasteiger partial charge in [0.25, 0.3) is 11.5 Å². The quantitative estimate of drug-likeness (QED) is 0.271. The summed E-state index contributed by atoms with van der Waals surface area (Å²) in [7, 11) is 3.58. The van der Waals surface area contributed by atoms with Gasteiger partial charge in [-0.25, -0.2) is 0 Å². The Morgan fingerprint density at radius 2 is 1.65 bits per heavy atom. The highest BCUT2D eigenvalue weighted by Crippen LogP contribution is 2.27. The standard InChI is InChI=1S/C34H34N6O3/c1-37(17-15-28-8-6-7-16-35-28)32-31(24-36-40(34(32)42)29-9-4-3-5-10-29)38-18-20-39(21-19-38)33(41)27-12-11-26-23-30(43-2)14-13-25(26)22-27/h3-14,16,22-24H,15,17-21H2,1-2H3. The van der Waals surface area contributed by atoms with E-state index in [-0.39, 0.29) is 11.5 Å². The first kappa shape index (κ1) is 28.0. The van der Waals surface area contributed by atoms with Crippen LogP contribution < -0.4 is 20.1 Å². The number of hydrogen-bond donors (Lipinski definition) is 0. The number of rotatable bonds is 8. The summed E-state index contributed by atoms with van der Waals surface area (Å²) in [5.74, 6) is 0.790. The minimum Gasteiger partial charge on any atom is -0.497 e. The summed E-state index contributed by atoms with van der Waals surface area (Å²) in [6.45, 7) is 2.88. The SMILES string of the molecule is COc1ccc2cc(C(=O)N3CCN(c4cnn(-c5ccccc5)c(=O)c4N(C)CCc4ccccn4)CC3)ccc2c1. The molecule has 0 radical (unpaired) electrons. The molecule has 5 aromatic rings. The van der Waals surface area contributed by atoms with Gasteiger partial charge in [0, 0.05) is 63.6 Å². The molecule has 1 amide bonds. The van der Waals surface area contributed by atoms with Crippen LogP contribution in [0.5, 0.6) is 5.75 Å². The molecule has 0 atom stereocenters. The van der Waals surface area contributed by atoms with Gasteiger partial charge in [-0.1, -0.05) is 36.4 Å². The van der Waals surface area contributed by atoms with E-state index in [0.29, 0.717) is 56.1 Å². The van der Waals surface area contributed by atoms with Gasteiger partial charge in [-0.05, 0) is 59.3 Å². The van der Waals surface area contributed by atoms with E-state index in [9.17, 15) is 9.59 Å². The molecule has 9 heteroatoms. The third-order valence-corrected chi connectivity index (χ3v) is 7.95. The second-order valence-electron chi connectivity index (χ2n) is 10.6. The lowest BCUT2D eigenvalue weighted by atomic mass is 10.1. The molecule has 2 aromatic heterocycles. The van der Waals surface area contributed by atoms with Crippen LogP contribution in [-0.2, 0) is 6.42 Å². The maximum absolute atomic E-state index is 13.9. The number of aromatic nitrogens is 3. The van der Waals surface area contributed by atoms with Crippen LogP contribution >= 0.6 is 0 Å². The maximum atomic E-state index is 13.9. The largest absolute Gasteiger partial charge is 0.497 e. The van der Waals surface area contributed by atoms with Gasteiger partial charge in [0.1, 0.15) is 11.4 Å². The van der Waals surface area contributed by atoms with Gasteiger partial charge >= 0.3 is 0 Å². The number of pyridine rings is 1. The van der Waals surface area contributed by atoms with Crippen LogP contribution in [0, 0.1) is 0 Å². The Balaban J connectivity index is 1.23. The number of benzene rings is 3. The van der Waals surface area contributed by atoms with E-state index in [0.717, 1.165) is 27.9 Å². The Hall–Kier alpha value is -5.18. The molecule has 0 spiro atoms. The van der Waals surface area contributed by atoms with Gasteiger partial charge in [0.2, 0.25) is 0 Å². The van der Waals surface area contributed by atoms with Crippen molar-refractivity contribution in [2.75, 3.05) is 56.7 Å². The number of piperazine rings is 1. The van der Waals surface area contributed by atoms with E-state index < -0.39 is 0 Å².